The second-order valence-electron chi connectivity index (χ2n) is 10.8. The average Bonchev–Trinajstić information content (AvgIpc) is 3.56. The first-order valence-electron chi connectivity index (χ1n) is 14.8. The van der Waals surface area contributed by atoms with Gasteiger partial charge in [0.2, 0.25) is 11.8 Å². The molecule has 0 saturated heterocycles. The number of hydrogen-bond donors (Lipinski definition) is 1. The molecule has 0 bridgehead atoms. The van der Waals surface area contributed by atoms with E-state index in [4.69, 9.17) is 25.8 Å². The van der Waals surface area contributed by atoms with E-state index in [9.17, 15) is 18.0 Å². The van der Waals surface area contributed by atoms with Crippen LogP contribution in [0.25, 0.3) is 0 Å². The number of hydrogen-bond acceptors (Lipinski definition) is 7. The fourth-order valence-corrected chi connectivity index (χ4v) is 7.05. The number of nitrogens with zero attached hydrogens (tertiary/aromatic N) is 2. The number of halogens is 1. The van der Waals surface area contributed by atoms with Crippen molar-refractivity contribution in [2.45, 2.75) is 62.6 Å². The molecule has 0 spiro atoms. The summed E-state index contributed by atoms with van der Waals surface area (Å²) in [6.45, 7) is 1.33. The van der Waals surface area contributed by atoms with E-state index in [0.29, 0.717) is 22.9 Å². The van der Waals surface area contributed by atoms with Crippen LogP contribution in [-0.2, 0) is 26.2 Å². The van der Waals surface area contributed by atoms with Gasteiger partial charge in [0, 0.05) is 23.7 Å². The smallest absolute Gasteiger partial charge is 0.264 e. The Morgan fingerprint density at radius 1 is 0.933 bits per heavy atom. The van der Waals surface area contributed by atoms with Crippen molar-refractivity contribution in [1.82, 2.24) is 10.2 Å². The van der Waals surface area contributed by atoms with Crippen LogP contribution >= 0.6 is 11.6 Å². The zero-order chi connectivity index (χ0) is 32.6. The summed E-state index contributed by atoms with van der Waals surface area (Å²) < 4.78 is 45.5. The first kappa shape index (κ1) is 33.9. The van der Waals surface area contributed by atoms with Crippen molar-refractivity contribution >= 4 is 39.1 Å². The van der Waals surface area contributed by atoms with Crippen LogP contribution in [0.4, 0.5) is 5.69 Å². The molecule has 4 rings (SSSR count). The molecule has 0 aliphatic heterocycles. The molecule has 1 aliphatic rings. The molecule has 3 aromatic carbocycles. The SMILES string of the molecule is CCC(C(=O)NC1CCCC1)N(Cc1cccc(OC)c1)C(=O)CN(c1ccc(Cl)cc1)S(=O)(=O)c1ccc(OC)c(OC)c1. The summed E-state index contributed by atoms with van der Waals surface area (Å²) in [5.74, 6) is 0.359. The first-order valence-corrected chi connectivity index (χ1v) is 16.7. The highest BCUT2D eigenvalue weighted by Crippen LogP contribution is 2.33. The molecule has 242 valence electrons. The average molecular weight is 658 g/mol. The largest absolute Gasteiger partial charge is 0.497 e. The number of rotatable bonds is 14. The second-order valence-corrected chi connectivity index (χ2v) is 13.1. The van der Waals surface area contributed by atoms with Crippen molar-refractivity contribution in [1.29, 1.82) is 0 Å². The Labute approximate surface area is 270 Å². The molecule has 1 unspecified atom stereocenters. The summed E-state index contributed by atoms with van der Waals surface area (Å²) in [5, 5.41) is 3.52. The van der Waals surface area contributed by atoms with Gasteiger partial charge < -0.3 is 24.4 Å². The van der Waals surface area contributed by atoms with Crippen molar-refractivity contribution in [2.75, 3.05) is 32.2 Å². The van der Waals surface area contributed by atoms with Crippen LogP contribution in [0, 0.1) is 0 Å². The molecule has 1 N–H and O–H groups in total. The highest BCUT2D eigenvalue weighted by atomic mass is 35.5. The topological polar surface area (TPSA) is 114 Å². The highest BCUT2D eigenvalue weighted by molar-refractivity contribution is 7.92. The van der Waals surface area contributed by atoms with Gasteiger partial charge in [-0.15, -0.1) is 0 Å². The van der Waals surface area contributed by atoms with E-state index in [-0.39, 0.29) is 34.8 Å². The Hall–Kier alpha value is -3.96. The molecule has 1 saturated carbocycles. The van der Waals surface area contributed by atoms with Gasteiger partial charge in [-0.05, 0) is 73.4 Å². The van der Waals surface area contributed by atoms with Gasteiger partial charge in [-0.3, -0.25) is 13.9 Å². The van der Waals surface area contributed by atoms with Gasteiger partial charge in [0.25, 0.3) is 10.0 Å². The third-order valence-corrected chi connectivity index (χ3v) is 9.93. The third-order valence-electron chi connectivity index (χ3n) is 7.91. The lowest BCUT2D eigenvalue weighted by molar-refractivity contribution is -0.140. The highest BCUT2D eigenvalue weighted by Gasteiger charge is 2.35. The van der Waals surface area contributed by atoms with Crippen molar-refractivity contribution in [3.63, 3.8) is 0 Å². The summed E-state index contributed by atoms with van der Waals surface area (Å²) in [7, 11) is 0.0917. The van der Waals surface area contributed by atoms with Gasteiger partial charge in [0.1, 0.15) is 18.3 Å². The Morgan fingerprint density at radius 3 is 2.24 bits per heavy atom. The molecule has 12 heteroatoms. The number of amides is 2. The zero-order valence-corrected chi connectivity index (χ0v) is 27.6. The fraction of sp³-hybridized carbons (Fsp3) is 0.394. The second kappa shape index (κ2) is 15.4. The fourth-order valence-electron chi connectivity index (χ4n) is 5.49. The molecular formula is C33H40ClN3O7S. The number of carbonyl (C=O) groups excluding carboxylic acids is 2. The van der Waals surface area contributed by atoms with Crippen molar-refractivity contribution < 1.29 is 32.2 Å². The van der Waals surface area contributed by atoms with Gasteiger partial charge in [0.15, 0.2) is 11.5 Å². The van der Waals surface area contributed by atoms with E-state index < -0.39 is 28.5 Å². The monoisotopic (exact) mass is 657 g/mol. The van der Waals surface area contributed by atoms with Crippen LogP contribution in [0.2, 0.25) is 5.02 Å². The van der Waals surface area contributed by atoms with Crippen LogP contribution in [0.3, 0.4) is 0 Å². The number of nitrogens with one attached hydrogen (secondary N) is 1. The van der Waals surface area contributed by atoms with E-state index in [0.717, 1.165) is 35.6 Å². The Morgan fingerprint density at radius 2 is 1.62 bits per heavy atom. The van der Waals surface area contributed by atoms with Crippen LogP contribution in [-0.4, -0.2) is 65.1 Å². The minimum Gasteiger partial charge on any atom is -0.497 e. The van der Waals surface area contributed by atoms with E-state index in [1.165, 1.54) is 49.5 Å². The Bertz CT molecular complexity index is 1580. The quantitative estimate of drug-likeness (QED) is 0.246. The lowest BCUT2D eigenvalue weighted by atomic mass is 10.1. The van der Waals surface area contributed by atoms with Gasteiger partial charge in [-0.1, -0.05) is 43.5 Å². The lowest BCUT2D eigenvalue weighted by Crippen LogP contribution is -2.53. The van der Waals surface area contributed by atoms with Gasteiger partial charge >= 0.3 is 0 Å². The number of anilines is 1. The van der Waals surface area contributed by atoms with Crippen LogP contribution < -0.4 is 23.8 Å². The summed E-state index contributed by atoms with van der Waals surface area (Å²) in [6, 6.07) is 16.8. The Balaban J connectivity index is 1.75. The van der Waals surface area contributed by atoms with E-state index in [1.54, 1.807) is 37.4 Å². The predicted molar refractivity (Wildman–Crippen MR) is 174 cm³/mol. The summed E-state index contributed by atoms with van der Waals surface area (Å²) in [5.41, 5.74) is 0.961. The molecule has 0 heterocycles. The normalized spacial score (nSPS) is 14.0. The Kier molecular flexibility index (Phi) is 11.6. The molecule has 1 fully saturated rings. The summed E-state index contributed by atoms with van der Waals surface area (Å²) in [4.78, 5) is 29.3. The number of benzene rings is 3. The summed E-state index contributed by atoms with van der Waals surface area (Å²) >= 11 is 6.13. The first-order chi connectivity index (χ1) is 21.6. The maximum Gasteiger partial charge on any atom is 0.264 e. The molecule has 1 atom stereocenters. The number of ether oxygens (including phenoxy) is 3. The molecular weight excluding hydrogens is 618 g/mol. The maximum atomic E-state index is 14.3. The van der Waals surface area contributed by atoms with E-state index in [1.807, 2.05) is 13.0 Å². The van der Waals surface area contributed by atoms with Crippen LogP contribution in [0.1, 0.15) is 44.6 Å². The molecule has 45 heavy (non-hydrogen) atoms. The van der Waals surface area contributed by atoms with Gasteiger partial charge in [-0.2, -0.15) is 0 Å². The van der Waals surface area contributed by atoms with Crippen molar-refractivity contribution in [3.8, 4) is 17.2 Å². The van der Waals surface area contributed by atoms with Crippen LogP contribution in [0.5, 0.6) is 17.2 Å². The molecule has 0 radical (unpaired) electrons. The predicted octanol–water partition coefficient (Wildman–Crippen LogP) is 5.43. The molecule has 3 aromatic rings. The van der Waals surface area contributed by atoms with Gasteiger partial charge in [-0.25, -0.2) is 8.42 Å². The van der Waals surface area contributed by atoms with E-state index in [2.05, 4.69) is 5.32 Å². The number of methoxy groups -OCH3 is 3. The molecule has 1 aliphatic carbocycles. The van der Waals surface area contributed by atoms with Crippen molar-refractivity contribution in [3.05, 3.63) is 77.3 Å². The van der Waals surface area contributed by atoms with Crippen LogP contribution in [0.15, 0.2) is 71.6 Å². The third kappa shape index (κ3) is 8.20. The molecule has 0 aromatic heterocycles. The van der Waals surface area contributed by atoms with E-state index >= 15 is 0 Å². The van der Waals surface area contributed by atoms with Gasteiger partial charge in [0.05, 0.1) is 31.9 Å². The maximum absolute atomic E-state index is 14.3. The molecule has 2 amide bonds. The summed E-state index contributed by atoms with van der Waals surface area (Å²) in [6.07, 6.45) is 4.19. The lowest BCUT2D eigenvalue weighted by Gasteiger charge is -2.34. The minimum absolute atomic E-state index is 0.0521. The van der Waals surface area contributed by atoms with Crippen molar-refractivity contribution in [2.24, 2.45) is 0 Å². The standard InChI is InChI=1S/C33H40ClN3O7S/c1-5-29(33(39)35-25-10-6-7-11-25)36(21-23-9-8-12-27(19-23)42-2)32(38)22-37(26-15-13-24(34)14-16-26)45(40,41)28-17-18-30(43-3)31(20-28)44-4/h8-9,12-20,25,29H,5-7,10-11,21-22H2,1-4H3,(H,35,39). The minimum atomic E-state index is -4.32. The molecule has 10 nitrogen and oxygen atoms in total. The zero-order valence-electron chi connectivity index (χ0n) is 26.0. The number of sulfonamides is 1. The number of carbonyl (C=O) groups is 2.